The van der Waals surface area contributed by atoms with Gasteiger partial charge in [-0.15, -0.1) is 10.2 Å². The molecule has 3 aliphatic rings. The molecule has 1 aromatic heterocycles. The summed E-state index contributed by atoms with van der Waals surface area (Å²) in [4.78, 5) is 28.5. The Hall–Kier alpha value is -2.32. The molecule has 162 valence electrons. The topological polar surface area (TPSA) is 72.4 Å². The van der Waals surface area contributed by atoms with E-state index in [1.807, 2.05) is 6.92 Å². The number of benzene rings is 1. The van der Waals surface area contributed by atoms with E-state index in [-0.39, 0.29) is 23.5 Å². The third-order valence-corrected chi connectivity index (χ3v) is 7.33. The average molecular weight is 462 g/mol. The monoisotopic (exact) mass is 461 g/mol. The lowest BCUT2D eigenvalue weighted by Gasteiger charge is -2.36. The van der Waals surface area contributed by atoms with Gasteiger partial charge in [-0.05, 0) is 43.4 Å². The molecule has 1 aliphatic carbocycles. The van der Waals surface area contributed by atoms with Crippen LogP contribution in [0.5, 0.6) is 0 Å². The highest BCUT2D eigenvalue weighted by molar-refractivity contribution is 7.15. The lowest BCUT2D eigenvalue weighted by molar-refractivity contribution is -0.133. The molecule has 1 aromatic carbocycles. The Kier molecular flexibility index (Phi) is 5.30. The van der Waals surface area contributed by atoms with Crippen LogP contribution in [0.4, 0.5) is 9.52 Å². The molecule has 0 saturated heterocycles. The van der Waals surface area contributed by atoms with Crippen molar-refractivity contribution in [2.45, 2.75) is 57.3 Å². The van der Waals surface area contributed by atoms with Crippen LogP contribution in [0.2, 0.25) is 5.02 Å². The number of carbonyl (C=O) groups excluding carboxylic acids is 2. The zero-order valence-corrected chi connectivity index (χ0v) is 18.5. The van der Waals surface area contributed by atoms with Crippen LogP contribution in [0.1, 0.15) is 49.2 Å². The van der Waals surface area contributed by atoms with Crippen molar-refractivity contribution in [1.29, 1.82) is 0 Å². The number of ketones is 1. The van der Waals surface area contributed by atoms with Gasteiger partial charge in [0.05, 0.1) is 17.5 Å². The maximum absolute atomic E-state index is 14.1. The summed E-state index contributed by atoms with van der Waals surface area (Å²) in [7, 11) is 0. The predicted molar refractivity (Wildman–Crippen MR) is 115 cm³/mol. The van der Waals surface area contributed by atoms with Crippen LogP contribution in [0.3, 0.4) is 0 Å². The summed E-state index contributed by atoms with van der Waals surface area (Å²) in [5.74, 6) is -1.11. The van der Waals surface area contributed by atoms with Crippen LogP contribution in [-0.2, 0) is 20.7 Å². The van der Waals surface area contributed by atoms with Gasteiger partial charge in [-0.2, -0.15) is 0 Å². The molecule has 4 atom stereocenters. The number of nitrogens with zero attached hydrogens (tertiary/aromatic N) is 3. The smallest absolute Gasteiger partial charge is 0.296 e. The molecule has 1 amide bonds. The number of carbonyl (C=O) groups is 2. The fourth-order valence-electron chi connectivity index (χ4n) is 4.63. The average Bonchev–Trinajstić information content (AvgIpc) is 3.32. The second-order valence-corrected chi connectivity index (χ2v) is 9.61. The summed E-state index contributed by atoms with van der Waals surface area (Å²) in [5.41, 5.74) is 1.01. The molecule has 0 bridgehead atoms. The summed E-state index contributed by atoms with van der Waals surface area (Å²) >= 11 is 7.40. The van der Waals surface area contributed by atoms with E-state index in [1.165, 1.54) is 16.2 Å². The Labute approximate surface area is 188 Å². The summed E-state index contributed by atoms with van der Waals surface area (Å²) in [5, 5.41) is 10.2. The standard InChI is InChI=1S/C22H21ClFN3O3S/c1-2-3-16-25-26-22(31-16)27-18(11-4-6-12(23)7-5-11)17-19(28)14-10-13(24)8-9-15(14)30-20(17)21(27)29/h4-7,13-15,18H,2-3,8-10H2,1H3. The number of Topliss-reactive ketones (excluding diaryl/α,β-unsaturated/α-hetero) is 1. The van der Waals surface area contributed by atoms with E-state index in [1.54, 1.807) is 24.3 Å². The molecule has 2 aromatic rings. The van der Waals surface area contributed by atoms with Crippen molar-refractivity contribution in [2.24, 2.45) is 5.92 Å². The van der Waals surface area contributed by atoms with Crippen molar-refractivity contribution in [3.63, 3.8) is 0 Å². The van der Waals surface area contributed by atoms with Crippen molar-refractivity contribution in [1.82, 2.24) is 10.2 Å². The molecular formula is C22H21ClFN3O3S. The number of fused-ring (bicyclic) bond motifs is 1. The highest BCUT2D eigenvalue weighted by Gasteiger charge is 2.54. The van der Waals surface area contributed by atoms with Gasteiger partial charge in [0.15, 0.2) is 11.5 Å². The Morgan fingerprint density at radius 1 is 1.23 bits per heavy atom. The second kappa shape index (κ2) is 7.98. The van der Waals surface area contributed by atoms with Gasteiger partial charge in [0.1, 0.15) is 17.3 Å². The minimum absolute atomic E-state index is 0.0655. The molecule has 0 N–H and O–H groups in total. The van der Waals surface area contributed by atoms with E-state index in [2.05, 4.69) is 10.2 Å². The Morgan fingerprint density at radius 3 is 2.74 bits per heavy atom. The number of rotatable bonds is 4. The third kappa shape index (κ3) is 3.46. The number of hydrogen-bond acceptors (Lipinski definition) is 6. The molecule has 1 saturated carbocycles. The van der Waals surface area contributed by atoms with Crippen LogP contribution >= 0.6 is 22.9 Å². The number of hydrogen-bond donors (Lipinski definition) is 0. The van der Waals surface area contributed by atoms with E-state index < -0.39 is 30.1 Å². The maximum Gasteiger partial charge on any atom is 0.296 e. The first-order valence-electron chi connectivity index (χ1n) is 10.5. The number of aryl methyl sites for hydroxylation is 1. The molecule has 9 heteroatoms. The fourth-order valence-corrected chi connectivity index (χ4v) is 5.72. The van der Waals surface area contributed by atoms with Gasteiger partial charge in [0.25, 0.3) is 5.91 Å². The zero-order valence-electron chi connectivity index (χ0n) is 16.9. The van der Waals surface area contributed by atoms with Crippen LogP contribution in [0.25, 0.3) is 0 Å². The fraction of sp³-hybridized carbons (Fsp3) is 0.455. The van der Waals surface area contributed by atoms with Crippen LogP contribution < -0.4 is 4.90 Å². The van der Waals surface area contributed by atoms with E-state index in [0.717, 1.165) is 23.4 Å². The molecule has 6 nitrogen and oxygen atoms in total. The van der Waals surface area contributed by atoms with Gasteiger partial charge >= 0.3 is 0 Å². The van der Waals surface area contributed by atoms with Gasteiger partial charge in [-0.3, -0.25) is 14.5 Å². The van der Waals surface area contributed by atoms with Crippen molar-refractivity contribution >= 4 is 39.8 Å². The summed E-state index contributed by atoms with van der Waals surface area (Å²) < 4.78 is 20.2. The predicted octanol–water partition coefficient (Wildman–Crippen LogP) is 4.59. The normalized spacial score (nSPS) is 27.9. The number of alkyl halides is 1. The summed E-state index contributed by atoms with van der Waals surface area (Å²) in [6.45, 7) is 2.05. The SMILES string of the molecule is CCCc1nnc(N2C(=O)C3=C(C(=O)C4CC(F)CCC4O3)C2c2ccc(Cl)cc2)s1. The molecule has 4 unspecified atom stereocenters. The Bertz CT molecular complexity index is 1070. The zero-order chi connectivity index (χ0) is 21.7. The highest BCUT2D eigenvalue weighted by Crippen LogP contribution is 2.49. The number of ether oxygens (including phenoxy) is 1. The molecule has 3 heterocycles. The minimum atomic E-state index is -1.03. The number of amides is 1. The van der Waals surface area contributed by atoms with Crippen LogP contribution in [0, 0.1) is 5.92 Å². The van der Waals surface area contributed by atoms with E-state index >= 15 is 0 Å². The molecule has 31 heavy (non-hydrogen) atoms. The van der Waals surface area contributed by atoms with Gasteiger partial charge in [0, 0.05) is 11.4 Å². The quantitative estimate of drug-likeness (QED) is 0.665. The molecule has 2 aliphatic heterocycles. The molecular weight excluding hydrogens is 441 g/mol. The molecule has 1 fully saturated rings. The van der Waals surface area contributed by atoms with Crippen LogP contribution in [-0.4, -0.2) is 34.2 Å². The van der Waals surface area contributed by atoms with Crippen LogP contribution in [0.15, 0.2) is 35.6 Å². The summed E-state index contributed by atoms with van der Waals surface area (Å²) in [6, 6.07) is 6.31. The van der Waals surface area contributed by atoms with E-state index in [0.29, 0.717) is 23.0 Å². The van der Waals surface area contributed by atoms with E-state index in [4.69, 9.17) is 16.3 Å². The minimum Gasteiger partial charge on any atom is -0.483 e. The lowest BCUT2D eigenvalue weighted by Crippen LogP contribution is -2.42. The molecule has 0 spiro atoms. The van der Waals surface area contributed by atoms with Gasteiger partial charge in [0.2, 0.25) is 5.13 Å². The van der Waals surface area contributed by atoms with Crippen molar-refractivity contribution < 1.29 is 18.7 Å². The van der Waals surface area contributed by atoms with Crippen molar-refractivity contribution in [3.8, 4) is 0 Å². The van der Waals surface area contributed by atoms with E-state index in [9.17, 15) is 14.0 Å². The second-order valence-electron chi connectivity index (χ2n) is 8.14. The Balaban J connectivity index is 1.61. The molecule has 5 rings (SSSR count). The van der Waals surface area contributed by atoms with Crippen molar-refractivity contribution in [2.75, 3.05) is 4.90 Å². The molecule has 0 radical (unpaired) electrons. The van der Waals surface area contributed by atoms with Crippen molar-refractivity contribution in [3.05, 3.63) is 51.2 Å². The first-order chi connectivity index (χ1) is 15.0. The number of anilines is 1. The number of halogens is 2. The Morgan fingerprint density at radius 2 is 2.00 bits per heavy atom. The maximum atomic E-state index is 14.1. The first kappa shape index (κ1) is 20.6. The van der Waals surface area contributed by atoms with Gasteiger partial charge in [-0.25, -0.2) is 4.39 Å². The lowest BCUT2D eigenvalue weighted by atomic mass is 9.77. The largest absolute Gasteiger partial charge is 0.483 e. The number of aromatic nitrogens is 2. The summed E-state index contributed by atoms with van der Waals surface area (Å²) in [6.07, 6.45) is 1.07. The van der Waals surface area contributed by atoms with Gasteiger partial charge in [-0.1, -0.05) is 42.0 Å². The van der Waals surface area contributed by atoms with Gasteiger partial charge < -0.3 is 4.74 Å². The third-order valence-electron chi connectivity index (χ3n) is 6.10. The first-order valence-corrected chi connectivity index (χ1v) is 11.7. The highest BCUT2D eigenvalue weighted by atomic mass is 35.5.